The molecule has 1 fully saturated rings. The fourth-order valence-corrected chi connectivity index (χ4v) is 4.21. The second-order valence-corrected chi connectivity index (χ2v) is 7.66. The largest absolute Gasteiger partial charge is 0.488 e. The second kappa shape index (κ2) is 8.09. The highest BCUT2D eigenvalue weighted by molar-refractivity contribution is 5.73. The molecule has 0 aliphatic carbocycles. The Morgan fingerprint density at radius 1 is 1.19 bits per heavy atom. The van der Waals surface area contributed by atoms with Crippen LogP contribution >= 0.6 is 0 Å². The minimum atomic E-state index is 0.0396. The van der Waals surface area contributed by atoms with Crippen LogP contribution in [-0.2, 0) is 17.9 Å². The Labute approximate surface area is 161 Å². The molecule has 2 aliphatic rings. The molecular formula is C22H27N3O2. The monoisotopic (exact) mass is 365 g/mol. The number of pyridine rings is 1. The van der Waals surface area contributed by atoms with Gasteiger partial charge in [0.1, 0.15) is 11.9 Å². The van der Waals surface area contributed by atoms with Crippen molar-refractivity contribution in [3.63, 3.8) is 0 Å². The van der Waals surface area contributed by atoms with E-state index in [1.165, 1.54) is 5.56 Å². The molecule has 0 spiro atoms. The number of carbonyl (C=O) groups is 1. The van der Waals surface area contributed by atoms with Gasteiger partial charge in [-0.2, -0.15) is 0 Å². The van der Waals surface area contributed by atoms with E-state index in [2.05, 4.69) is 28.1 Å². The average Bonchev–Trinajstić information content (AvgIpc) is 2.89. The van der Waals surface area contributed by atoms with E-state index in [-0.39, 0.29) is 12.0 Å². The van der Waals surface area contributed by atoms with E-state index >= 15 is 0 Å². The second-order valence-electron chi connectivity index (χ2n) is 7.66. The number of piperidine rings is 1. The molecular weight excluding hydrogens is 338 g/mol. The van der Waals surface area contributed by atoms with E-state index in [0.29, 0.717) is 19.0 Å². The smallest absolute Gasteiger partial charge is 0.219 e. The predicted molar refractivity (Wildman–Crippen MR) is 104 cm³/mol. The van der Waals surface area contributed by atoms with Crippen molar-refractivity contribution in [3.8, 4) is 5.75 Å². The van der Waals surface area contributed by atoms with Crippen LogP contribution in [0.3, 0.4) is 0 Å². The molecule has 4 rings (SSSR count). The number of rotatable bonds is 3. The molecule has 27 heavy (non-hydrogen) atoms. The molecule has 142 valence electrons. The van der Waals surface area contributed by atoms with Crippen LogP contribution in [-0.4, -0.2) is 46.4 Å². The molecule has 0 N–H and O–H groups in total. The predicted octanol–water partition coefficient (Wildman–Crippen LogP) is 3.10. The Kier molecular flexibility index (Phi) is 5.39. The fourth-order valence-electron chi connectivity index (χ4n) is 4.21. The number of nitrogens with zero attached hydrogens (tertiary/aromatic N) is 3. The first kappa shape index (κ1) is 18.0. The number of benzene rings is 1. The zero-order valence-electron chi connectivity index (χ0n) is 15.9. The maximum Gasteiger partial charge on any atom is 0.219 e. The van der Waals surface area contributed by atoms with Gasteiger partial charge in [-0.15, -0.1) is 0 Å². The lowest BCUT2D eigenvalue weighted by atomic mass is 9.91. The minimum absolute atomic E-state index is 0.0396. The molecule has 0 bridgehead atoms. The Bertz CT molecular complexity index is 780. The summed E-state index contributed by atoms with van der Waals surface area (Å²) in [5.41, 5.74) is 2.39. The first-order chi connectivity index (χ1) is 13.2. The zero-order chi connectivity index (χ0) is 18.6. The molecule has 1 aromatic heterocycles. The van der Waals surface area contributed by atoms with Crippen LogP contribution in [0.4, 0.5) is 0 Å². The van der Waals surface area contributed by atoms with E-state index in [0.717, 1.165) is 43.8 Å². The Balaban J connectivity index is 1.50. The normalized spacial score (nSPS) is 23.2. The molecule has 2 atom stereocenters. The highest BCUT2D eigenvalue weighted by Gasteiger charge is 2.33. The number of amides is 1. The first-order valence-electron chi connectivity index (χ1n) is 9.80. The third-order valence-electron chi connectivity index (χ3n) is 5.68. The fraction of sp³-hybridized carbons (Fsp3) is 0.455. The van der Waals surface area contributed by atoms with Crippen molar-refractivity contribution < 1.29 is 9.53 Å². The topological polar surface area (TPSA) is 45.7 Å². The zero-order valence-corrected chi connectivity index (χ0v) is 15.9. The number of fused-ring (bicyclic) bond motifs is 1. The first-order valence-corrected chi connectivity index (χ1v) is 9.80. The summed E-state index contributed by atoms with van der Waals surface area (Å²) in [5.74, 6) is 1.47. The number of hydrogen-bond acceptors (Lipinski definition) is 4. The number of likely N-dealkylation sites (tertiary alicyclic amines) is 1. The molecule has 0 radical (unpaired) electrons. The molecule has 5 heteroatoms. The van der Waals surface area contributed by atoms with Gasteiger partial charge in [0, 0.05) is 50.4 Å². The van der Waals surface area contributed by atoms with Crippen LogP contribution in [0.2, 0.25) is 0 Å². The average molecular weight is 365 g/mol. The summed E-state index contributed by atoms with van der Waals surface area (Å²) in [6.07, 6.45) is 6.06. The molecule has 5 nitrogen and oxygen atoms in total. The van der Waals surface area contributed by atoms with Crippen LogP contribution in [0.25, 0.3) is 0 Å². The minimum Gasteiger partial charge on any atom is -0.488 e. The lowest BCUT2D eigenvalue weighted by Crippen LogP contribution is -2.46. The van der Waals surface area contributed by atoms with Crippen molar-refractivity contribution in [2.45, 2.75) is 39.0 Å². The number of ether oxygens (including phenoxy) is 1. The van der Waals surface area contributed by atoms with Crippen molar-refractivity contribution in [2.75, 3.05) is 19.6 Å². The summed E-state index contributed by atoms with van der Waals surface area (Å²) < 4.78 is 6.44. The van der Waals surface area contributed by atoms with Crippen molar-refractivity contribution in [1.29, 1.82) is 0 Å². The maximum atomic E-state index is 12.1. The number of carbonyl (C=O) groups excluding carboxylic acids is 1. The van der Waals surface area contributed by atoms with Crippen molar-refractivity contribution in [1.82, 2.24) is 14.8 Å². The highest BCUT2D eigenvalue weighted by Crippen LogP contribution is 2.30. The Hall–Kier alpha value is -2.40. The Morgan fingerprint density at radius 3 is 2.81 bits per heavy atom. The van der Waals surface area contributed by atoms with E-state index < -0.39 is 0 Å². The van der Waals surface area contributed by atoms with E-state index in [9.17, 15) is 4.79 Å². The molecule has 2 aliphatic heterocycles. The molecule has 1 saturated heterocycles. The van der Waals surface area contributed by atoms with E-state index in [1.54, 1.807) is 6.92 Å². The summed E-state index contributed by atoms with van der Waals surface area (Å²) in [5, 5.41) is 0. The van der Waals surface area contributed by atoms with Crippen molar-refractivity contribution >= 4 is 5.91 Å². The Morgan fingerprint density at radius 2 is 2.00 bits per heavy atom. The quantitative estimate of drug-likeness (QED) is 0.838. The molecule has 0 unspecified atom stereocenters. The summed E-state index contributed by atoms with van der Waals surface area (Å²) in [6, 6.07) is 12.3. The van der Waals surface area contributed by atoms with Gasteiger partial charge in [0.05, 0.1) is 6.54 Å². The highest BCUT2D eigenvalue weighted by atomic mass is 16.5. The van der Waals surface area contributed by atoms with Gasteiger partial charge in [0.2, 0.25) is 5.91 Å². The van der Waals surface area contributed by atoms with Gasteiger partial charge in [0.25, 0.3) is 0 Å². The third-order valence-corrected chi connectivity index (χ3v) is 5.68. The molecule has 1 aromatic carbocycles. The van der Waals surface area contributed by atoms with Gasteiger partial charge in [-0.25, -0.2) is 0 Å². The van der Waals surface area contributed by atoms with Gasteiger partial charge in [-0.1, -0.05) is 18.2 Å². The van der Waals surface area contributed by atoms with Gasteiger partial charge in [-0.3, -0.25) is 14.7 Å². The SMILES string of the molecule is CC(=O)N1Cc2ccccc2O[C@@H]([C@H]2CCCN(Cc3ccncc3)C2)C1. The van der Waals surface area contributed by atoms with E-state index in [1.807, 2.05) is 35.5 Å². The van der Waals surface area contributed by atoms with Gasteiger partial charge < -0.3 is 9.64 Å². The van der Waals surface area contributed by atoms with Crippen LogP contribution < -0.4 is 4.74 Å². The lowest BCUT2D eigenvalue weighted by molar-refractivity contribution is -0.130. The molecule has 0 saturated carbocycles. The van der Waals surface area contributed by atoms with Gasteiger partial charge >= 0.3 is 0 Å². The summed E-state index contributed by atoms with van der Waals surface area (Å²) >= 11 is 0. The number of para-hydroxylation sites is 1. The van der Waals surface area contributed by atoms with Crippen LogP contribution in [0.5, 0.6) is 5.75 Å². The van der Waals surface area contributed by atoms with E-state index in [4.69, 9.17) is 4.74 Å². The maximum absolute atomic E-state index is 12.1. The van der Waals surface area contributed by atoms with Crippen LogP contribution in [0.15, 0.2) is 48.8 Å². The van der Waals surface area contributed by atoms with Crippen molar-refractivity contribution in [3.05, 3.63) is 59.9 Å². The summed E-state index contributed by atoms with van der Waals surface area (Å²) in [7, 11) is 0. The number of hydrogen-bond donors (Lipinski definition) is 0. The molecule has 1 amide bonds. The van der Waals surface area contributed by atoms with Crippen LogP contribution in [0, 0.1) is 5.92 Å². The summed E-state index contributed by atoms with van der Waals surface area (Å²) in [4.78, 5) is 20.7. The molecule has 3 heterocycles. The van der Waals surface area contributed by atoms with Gasteiger partial charge in [0.15, 0.2) is 0 Å². The molecule has 2 aromatic rings. The van der Waals surface area contributed by atoms with Crippen LogP contribution in [0.1, 0.15) is 30.9 Å². The standard InChI is InChI=1S/C22H27N3O2/c1-17(26)25-15-20-5-2-3-7-21(20)27-22(16-25)19-6-4-12-24(14-19)13-18-8-10-23-11-9-18/h2-3,5,7-11,19,22H,4,6,12-16H2,1H3/t19-,22+/m0/s1. The summed E-state index contributed by atoms with van der Waals surface area (Å²) in [6.45, 7) is 6.01. The van der Waals surface area contributed by atoms with Crippen molar-refractivity contribution in [2.24, 2.45) is 5.92 Å². The third kappa shape index (κ3) is 4.30. The van der Waals surface area contributed by atoms with Gasteiger partial charge in [-0.05, 0) is 43.1 Å². The lowest BCUT2D eigenvalue weighted by Gasteiger charge is -2.37. The number of aromatic nitrogens is 1.